The van der Waals surface area contributed by atoms with Crippen molar-refractivity contribution in [3.8, 4) is 0 Å². The van der Waals surface area contributed by atoms with E-state index in [1.165, 1.54) is 5.56 Å². The lowest BCUT2D eigenvalue weighted by atomic mass is 9.95. The summed E-state index contributed by atoms with van der Waals surface area (Å²) in [7, 11) is 3.25. The second kappa shape index (κ2) is 19.2. The highest BCUT2D eigenvalue weighted by Gasteiger charge is 2.50. The second-order valence-electron chi connectivity index (χ2n) is 11.3. The van der Waals surface area contributed by atoms with Crippen molar-refractivity contribution in [2.75, 3.05) is 27.4 Å². The molecule has 1 aliphatic rings. The molecule has 0 saturated carbocycles. The zero-order valence-electron chi connectivity index (χ0n) is 26.6. The van der Waals surface area contributed by atoms with Crippen LogP contribution in [-0.4, -0.2) is 68.6 Å². The van der Waals surface area contributed by atoms with Gasteiger partial charge in [0.05, 0.1) is 25.6 Å². The molecule has 4 rings (SSSR count). The maximum absolute atomic E-state index is 13.2. The number of ketones is 1. The van der Waals surface area contributed by atoms with Crippen molar-refractivity contribution in [3.63, 3.8) is 0 Å². The van der Waals surface area contributed by atoms with E-state index in [0.29, 0.717) is 25.9 Å². The molecule has 9 heteroatoms. The maximum Gasteiger partial charge on any atom is 0.243 e. The largest absolute Gasteiger partial charge is 0.388 e. The predicted octanol–water partition coefficient (Wildman–Crippen LogP) is 4.75. The van der Waals surface area contributed by atoms with Crippen LogP contribution in [-0.2, 0) is 54.3 Å². The monoisotopic (exact) mass is 637 g/mol. The second-order valence-corrected chi connectivity index (χ2v) is 11.3. The van der Waals surface area contributed by atoms with Crippen LogP contribution >= 0.6 is 0 Å². The lowest BCUT2D eigenvalue weighted by Gasteiger charge is -2.21. The number of benzene rings is 3. The first-order valence-corrected chi connectivity index (χ1v) is 15.3. The van der Waals surface area contributed by atoms with Crippen LogP contribution in [0.1, 0.15) is 54.2 Å². The van der Waals surface area contributed by atoms with E-state index in [0.717, 1.165) is 23.1 Å². The van der Waals surface area contributed by atoms with Gasteiger partial charge < -0.3 is 25.4 Å². The average molecular weight is 638 g/mol. The fraction of sp³-hybridized carbons (Fsp3) is 0.405. The molecular weight excluding hydrogens is 582 g/mol. The Morgan fingerprint density at radius 1 is 0.804 bits per heavy atom. The topological polar surface area (TPSA) is 126 Å². The molecule has 254 valence electrons. The highest BCUT2D eigenvalue weighted by molar-refractivity contribution is 5.97. The van der Waals surface area contributed by atoms with Crippen molar-refractivity contribution in [1.82, 2.24) is 16.0 Å². The Labute approximate surface area is 277 Å². The summed E-state index contributed by atoms with van der Waals surface area (Å²) in [5.41, 5.74) is 3.07. The average Bonchev–Trinajstić information content (AvgIpc) is 3.81. The molecule has 1 saturated heterocycles. The van der Waals surface area contributed by atoms with Gasteiger partial charge in [-0.3, -0.25) is 19.2 Å². The third-order valence-corrected chi connectivity index (χ3v) is 7.47. The molecule has 46 heavy (non-hydrogen) atoms. The number of amides is 3. The summed E-state index contributed by atoms with van der Waals surface area (Å²) in [4.78, 5) is 52.1. The van der Waals surface area contributed by atoms with Crippen molar-refractivity contribution in [2.45, 2.75) is 71.1 Å². The number of nitrogens with one attached hydrogen (secondary N) is 3. The number of ether oxygens (including phenoxy) is 2. The van der Waals surface area contributed by atoms with E-state index in [1.54, 1.807) is 21.1 Å². The van der Waals surface area contributed by atoms with Gasteiger partial charge in [0.15, 0.2) is 5.78 Å². The molecule has 0 aliphatic carbocycles. The van der Waals surface area contributed by atoms with Crippen molar-refractivity contribution < 1.29 is 32.9 Å². The molecule has 0 unspecified atom stereocenters. The number of methoxy groups -OCH3 is 1. The number of Topliss-reactive ketones (excluding diaryl/α,β-unsaturated/α-hetero) is 1. The Morgan fingerprint density at radius 2 is 1.33 bits per heavy atom. The molecule has 1 aliphatic heterocycles. The maximum atomic E-state index is 13.2. The van der Waals surface area contributed by atoms with Crippen LogP contribution in [0.15, 0.2) is 84.9 Å². The first-order valence-electron chi connectivity index (χ1n) is 15.3. The number of hydrogen-bond donors (Lipinski definition) is 3. The van der Waals surface area contributed by atoms with Crippen LogP contribution in [0.3, 0.4) is 0 Å². The van der Waals surface area contributed by atoms with Gasteiger partial charge in [0.25, 0.3) is 0 Å². The smallest absolute Gasteiger partial charge is 0.243 e. The Bertz CT molecular complexity index is 1390. The van der Waals surface area contributed by atoms with E-state index < -0.39 is 29.5 Å². The quantitative estimate of drug-likeness (QED) is 0.207. The van der Waals surface area contributed by atoms with E-state index in [4.69, 9.17) is 4.74 Å². The zero-order valence-corrected chi connectivity index (χ0v) is 26.6. The third-order valence-electron chi connectivity index (χ3n) is 7.47. The third kappa shape index (κ3) is 12.6. The van der Waals surface area contributed by atoms with Gasteiger partial charge in [-0.15, -0.1) is 0 Å². The predicted molar refractivity (Wildman–Crippen MR) is 187 cm³/mol. The number of hydrogen-bond acceptors (Lipinski definition) is 6. The Hall–Kier alpha value is -4.34. The molecule has 3 aromatic carbocycles. The van der Waals surface area contributed by atoms with Gasteiger partial charge in [0, 0.05) is 18.5 Å². The molecule has 3 atom stereocenters. The lowest BCUT2D eigenvalue weighted by Crippen LogP contribution is -2.52. The van der Waals surface area contributed by atoms with Gasteiger partial charge in [-0.05, 0) is 54.9 Å². The Morgan fingerprint density at radius 3 is 1.87 bits per heavy atom. The highest BCUT2D eigenvalue weighted by atomic mass is 16.6. The van der Waals surface area contributed by atoms with Crippen molar-refractivity contribution in [3.05, 3.63) is 107 Å². The van der Waals surface area contributed by atoms with Gasteiger partial charge in [-0.25, -0.2) is 0 Å². The van der Waals surface area contributed by atoms with Crippen molar-refractivity contribution in [2.24, 2.45) is 0 Å². The van der Waals surface area contributed by atoms with Crippen LogP contribution < -0.4 is 16.0 Å². The van der Waals surface area contributed by atoms with Gasteiger partial charge in [-0.1, -0.05) is 99.3 Å². The minimum atomic E-state index is -0.903. The molecule has 1 fully saturated rings. The van der Waals surface area contributed by atoms with E-state index >= 15 is 0 Å². The van der Waals surface area contributed by atoms with Crippen LogP contribution in [0, 0.1) is 0 Å². The molecule has 3 aromatic rings. The normalized spacial score (nSPS) is 15.9. The summed E-state index contributed by atoms with van der Waals surface area (Å²) in [6.45, 7) is 3.76. The fourth-order valence-corrected chi connectivity index (χ4v) is 4.76. The molecule has 0 aromatic heterocycles. The molecule has 1 heterocycles. The minimum absolute atomic E-state index is 0. The Balaban J connectivity index is 0. The van der Waals surface area contributed by atoms with Gasteiger partial charge in [0.1, 0.15) is 11.6 Å². The standard InChI is InChI=1S/C34H39N3O5.C2H6O.CH4.3H2/c1-3-24-14-16-27(17-15-24)21-30(38)36-28(19-18-25-10-6-4-7-11-25)33(41)35-22-31(39)37-29(32(40)34(2)23-42-34)20-26-12-8-5-9-13-26;1-3-2;;;;/h4-17,28-29H,3,18-23H2,1-2H3,(H,35,41)(H,36,38)(H,37,39);1-2H3;1H4;3*1H/t28-,29-,34+;;;;;/m0...../s1. The van der Waals surface area contributed by atoms with Crippen LogP contribution in [0.2, 0.25) is 0 Å². The van der Waals surface area contributed by atoms with E-state index in [-0.39, 0.29) is 36.4 Å². The number of rotatable bonds is 15. The molecule has 0 spiro atoms. The molecule has 0 bridgehead atoms. The number of carbonyl (C=O) groups excluding carboxylic acids is 4. The van der Waals surface area contributed by atoms with E-state index in [1.807, 2.05) is 84.9 Å². The summed E-state index contributed by atoms with van der Waals surface area (Å²) >= 11 is 0. The summed E-state index contributed by atoms with van der Waals surface area (Å²) in [5.74, 6) is -1.43. The van der Waals surface area contributed by atoms with Crippen LogP contribution in [0.4, 0.5) is 0 Å². The van der Waals surface area contributed by atoms with Gasteiger partial charge in [0.2, 0.25) is 17.7 Å². The summed E-state index contributed by atoms with van der Waals surface area (Å²) in [5, 5.41) is 8.29. The minimum Gasteiger partial charge on any atom is -0.388 e. The van der Waals surface area contributed by atoms with Gasteiger partial charge in [-0.2, -0.15) is 0 Å². The van der Waals surface area contributed by atoms with E-state index in [9.17, 15) is 19.2 Å². The fourth-order valence-electron chi connectivity index (χ4n) is 4.76. The zero-order chi connectivity index (χ0) is 32.7. The summed E-state index contributed by atoms with van der Waals surface area (Å²) < 4.78 is 9.58. The van der Waals surface area contributed by atoms with Gasteiger partial charge >= 0.3 is 0 Å². The molecule has 3 amide bonds. The Kier molecular flexibility index (Phi) is 15.8. The number of aryl methyl sites for hydroxylation is 2. The first-order chi connectivity index (χ1) is 21.7. The highest BCUT2D eigenvalue weighted by Crippen LogP contribution is 2.29. The summed E-state index contributed by atoms with van der Waals surface area (Å²) in [6.07, 6.45) is 2.30. The van der Waals surface area contributed by atoms with Crippen LogP contribution in [0.25, 0.3) is 0 Å². The molecule has 9 nitrogen and oxygen atoms in total. The van der Waals surface area contributed by atoms with Crippen molar-refractivity contribution in [1.29, 1.82) is 0 Å². The molecular formula is C37H55N3O6. The number of carbonyl (C=O) groups is 4. The summed E-state index contributed by atoms with van der Waals surface area (Å²) in [6, 6.07) is 25.3. The van der Waals surface area contributed by atoms with Crippen molar-refractivity contribution >= 4 is 23.5 Å². The lowest BCUT2D eigenvalue weighted by molar-refractivity contribution is -0.132. The molecule has 0 radical (unpaired) electrons. The number of epoxide rings is 1. The SMILES string of the molecule is C.CCc1ccc(CC(=O)N[C@@H](CCc2ccccc2)C(=O)NCC(=O)N[C@@H](Cc2ccccc2)C(=O)[C@@]2(C)CO2)cc1.COC.[HH].[HH].[HH]. The van der Waals surface area contributed by atoms with E-state index in [2.05, 4.69) is 27.6 Å². The first kappa shape index (κ1) is 37.8. The van der Waals surface area contributed by atoms with Crippen LogP contribution in [0.5, 0.6) is 0 Å². The molecule has 3 N–H and O–H groups in total.